The zero-order chi connectivity index (χ0) is 22.8. The Morgan fingerprint density at radius 2 is 1.77 bits per heavy atom. The van der Waals surface area contributed by atoms with Gasteiger partial charge in [0.2, 0.25) is 10.0 Å². The smallest absolute Gasteiger partial charge is 0.357 e. The van der Waals surface area contributed by atoms with Crippen LogP contribution in [0.1, 0.15) is 23.0 Å². The lowest BCUT2D eigenvalue weighted by Gasteiger charge is -2.16. The summed E-state index contributed by atoms with van der Waals surface area (Å²) < 4.78 is 31.0. The second kappa shape index (κ2) is 8.83. The van der Waals surface area contributed by atoms with Crippen molar-refractivity contribution >= 4 is 38.5 Å². The lowest BCUT2D eigenvalue weighted by molar-refractivity contribution is -0.123. The summed E-state index contributed by atoms with van der Waals surface area (Å²) in [5.41, 5.74) is 1.72. The molecule has 3 rings (SSSR count). The molecule has 1 amide bonds. The molecule has 0 saturated heterocycles. The number of carbonyl (C=O) groups excluding carboxylic acids is 2. The van der Waals surface area contributed by atoms with E-state index < -0.39 is 28.0 Å². The van der Waals surface area contributed by atoms with E-state index in [0.29, 0.717) is 16.8 Å². The highest BCUT2D eigenvalue weighted by molar-refractivity contribution is 7.89. The van der Waals surface area contributed by atoms with Crippen LogP contribution in [0.3, 0.4) is 0 Å². The molecule has 0 bridgehead atoms. The Balaban J connectivity index is 1.73. The third-order valence-electron chi connectivity index (χ3n) is 4.71. The first kappa shape index (κ1) is 22.4. The van der Waals surface area contributed by atoms with E-state index in [2.05, 4.69) is 10.3 Å². The van der Waals surface area contributed by atoms with Gasteiger partial charge in [0.15, 0.2) is 6.10 Å². The van der Waals surface area contributed by atoms with Crippen LogP contribution >= 0.6 is 0 Å². The minimum absolute atomic E-state index is 0.0448. The number of ether oxygens (including phenoxy) is 1. The van der Waals surface area contributed by atoms with Gasteiger partial charge in [0, 0.05) is 25.2 Å². The molecule has 0 aliphatic carbocycles. The number of hydrogen-bond donors (Lipinski definition) is 1. The normalized spacial score (nSPS) is 12.5. The lowest BCUT2D eigenvalue weighted by Crippen LogP contribution is -2.30. The number of benzene rings is 2. The van der Waals surface area contributed by atoms with Gasteiger partial charge >= 0.3 is 5.97 Å². The number of para-hydroxylation sites is 1. The molecule has 31 heavy (non-hydrogen) atoms. The summed E-state index contributed by atoms with van der Waals surface area (Å²) in [7, 11) is -0.804. The monoisotopic (exact) mass is 441 g/mol. The summed E-state index contributed by atoms with van der Waals surface area (Å²) in [5.74, 6) is -1.31. The number of sulfonamides is 1. The van der Waals surface area contributed by atoms with Gasteiger partial charge in [-0.05, 0) is 43.7 Å². The summed E-state index contributed by atoms with van der Waals surface area (Å²) in [4.78, 5) is 29.3. The Kier molecular flexibility index (Phi) is 6.37. The molecule has 9 heteroatoms. The number of carbonyl (C=O) groups is 2. The number of anilines is 1. The van der Waals surface area contributed by atoms with E-state index in [0.717, 1.165) is 9.69 Å². The van der Waals surface area contributed by atoms with E-state index in [-0.39, 0.29) is 10.6 Å². The lowest BCUT2D eigenvalue weighted by atomic mass is 10.2. The van der Waals surface area contributed by atoms with Crippen LogP contribution in [-0.2, 0) is 19.6 Å². The minimum Gasteiger partial charge on any atom is -0.448 e. The van der Waals surface area contributed by atoms with E-state index >= 15 is 0 Å². The zero-order valence-corrected chi connectivity index (χ0v) is 18.4. The zero-order valence-electron chi connectivity index (χ0n) is 17.6. The first-order chi connectivity index (χ1) is 14.6. The molecule has 0 aliphatic rings. The third-order valence-corrected chi connectivity index (χ3v) is 6.52. The Labute approximate surface area is 180 Å². The van der Waals surface area contributed by atoms with Gasteiger partial charge in [-0.25, -0.2) is 22.5 Å². The summed E-state index contributed by atoms with van der Waals surface area (Å²) in [6.45, 7) is 3.17. The molecule has 1 heterocycles. The van der Waals surface area contributed by atoms with Crippen molar-refractivity contribution in [2.75, 3.05) is 19.4 Å². The highest BCUT2D eigenvalue weighted by atomic mass is 32.2. The number of nitrogens with zero attached hydrogens (tertiary/aromatic N) is 2. The number of pyridine rings is 1. The Morgan fingerprint density at radius 1 is 1.06 bits per heavy atom. The molecule has 1 atom stereocenters. The molecule has 0 spiro atoms. The fraction of sp³-hybridized carbons (Fsp3) is 0.227. The van der Waals surface area contributed by atoms with Crippen LogP contribution in [-0.4, -0.2) is 49.8 Å². The SMILES string of the molecule is Cc1ccc(S(=O)(=O)N(C)C)cc1NC(=O)[C@H](C)OC(=O)c1ccc2ccccc2n1. The number of aryl methyl sites for hydroxylation is 1. The van der Waals surface area contributed by atoms with Crippen LogP contribution in [0.15, 0.2) is 59.5 Å². The molecule has 0 fully saturated rings. The predicted octanol–water partition coefficient (Wildman–Crippen LogP) is 2.98. The van der Waals surface area contributed by atoms with E-state index in [4.69, 9.17) is 4.74 Å². The van der Waals surface area contributed by atoms with Crippen molar-refractivity contribution < 1.29 is 22.7 Å². The molecule has 3 aromatic rings. The number of hydrogen-bond acceptors (Lipinski definition) is 6. The predicted molar refractivity (Wildman–Crippen MR) is 117 cm³/mol. The molecule has 2 aromatic carbocycles. The van der Waals surface area contributed by atoms with Crippen molar-refractivity contribution in [2.45, 2.75) is 24.8 Å². The van der Waals surface area contributed by atoms with E-state index in [1.165, 1.54) is 39.2 Å². The molecule has 162 valence electrons. The first-order valence-corrected chi connectivity index (χ1v) is 10.9. The Bertz CT molecular complexity index is 1250. The maximum atomic E-state index is 12.6. The van der Waals surface area contributed by atoms with Gasteiger partial charge in [0.1, 0.15) is 5.69 Å². The maximum absolute atomic E-state index is 12.6. The second-order valence-corrected chi connectivity index (χ2v) is 9.34. The summed E-state index contributed by atoms with van der Waals surface area (Å²) in [6.07, 6.45) is -1.12. The Morgan fingerprint density at radius 3 is 2.48 bits per heavy atom. The molecule has 1 aromatic heterocycles. The van der Waals surface area contributed by atoms with Gasteiger partial charge in [0.25, 0.3) is 5.91 Å². The number of esters is 1. The highest BCUT2D eigenvalue weighted by Crippen LogP contribution is 2.22. The molecule has 8 nitrogen and oxygen atoms in total. The van der Waals surface area contributed by atoms with Crippen LogP contribution < -0.4 is 5.32 Å². The van der Waals surface area contributed by atoms with Crippen LogP contribution in [0.25, 0.3) is 10.9 Å². The van der Waals surface area contributed by atoms with Crippen molar-refractivity contribution in [3.8, 4) is 0 Å². The van der Waals surface area contributed by atoms with E-state index in [1.807, 2.05) is 18.2 Å². The maximum Gasteiger partial charge on any atom is 0.357 e. The van der Waals surface area contributed by atoms with Gasteiger partial charge in [-0.1, -0.05) is 30.3 Å². The van der Waals surface area contributed by atoms with E-state index in [9.17, 15) is 18.0 Å². The van der Waals surface area contributed by atoms with Crippen molar-refractivity contribution in [1.82, 2.24) is 9.29 Å². The van der Waals surface area contributed by atoms with Crippen molar-refractivity contribution in [2.24, 2.45) is 0 Å². The van der Waals surface area contributed by atoms with Crippen LogP contribution in [0, 0.1) is 6.92 Å². The summed E-state index contributed by atoms with van der Waals surface area (Å²) >= 11 is 0. The number of nitrogens with one attached hydrogen (secondary N) is 1. The molecule has 0 radical (unpaired) electrons. The van der Waals surface area contributed by atoms with Crippen LogP contribution in [0.2, 0.25) is 0 Å². The molecule has 0 saturated carbocycles. The average Bonchev–Trinajstić information content (AvgIpc) is 2.74. The standard InChI is InChI=1S/C22H23N3O5S/c1-14-9-11-17(31(28,29)25(3)4)13-20(14)24-21(26)15(2)30-22(27)19-12-10-16-7-5-6-8-18(16)23-19/h5-13,15H,1-4H3,(H,24,26)/t15-/m0/s1. The van der Waals surface area contributed by atoms with Gasteiger partial charge in [-0.15, -0.1) is 0 Å². The molecule has 1 N–H and O–H groups in total. The minimum atomic E-state index is -3.66. The van der Waals surface area contributed by atoms with Gasteiger partial charge < -0.3 is 10.1 Å². The third kappa shape index (κ3) is 4.89. The number of fused-ring (bicyclic) bond motifs is 1. The first-order valence-electron chi connectivity index (χ1n) is 9.50. The number of amides is 1. The number of rotatable bonds is 6. The van der Waals surface area contributed by atoms with E-state index in [1.54, 1.807) is 25.1 Å². The van der Waals surface area contributed by atoms with Crippen LogP contribution in [0.5, 0.6) is 0 Å². The molecular formula is C22H23N3O5S. The van der Waals surface area contributed by atoms with Crippen LogP contribution in [0.4, 0.5) is 5.69 Å². The summed E-state index contributed by atoms with van der Waals surface area (Å²) in [5, 5.41) is 3.51. The van der Waals surface area contributed by atoms with Crippen molar-refractivity contribution in [3.05, 3.63) is 65.9 Å². The van der Waals surface area contributed by atoms with Gasteiger partial charge in [0.05, 0.1) is 10.4 Å². The van der Waals surface area contributed by atoms with Gasteiger partial charge in [-0.3, -0.25) is 4.79 Å². The van der Waals surface area contributed by atoms with Crippen molar-refractivity contribution in [1.29, 1.82) is 0 Å². The second-order valence-electron chi connectivity index (χ2n) is 7.19. The van der Waals surface area contributed by atoms with Crippen molar-refractivity contribution in [3.63, 3.8) is 0 Å². The average molecular weight is 442 g/mol. The fourth-order valence-corrected chi connectivity index (χ4v) is 3.72. The molecule has 0 unspecified atom stereocenters. The summed E-state index contributed by atoms with van der Waals surface area (Å²) in [6, 6.07) is 15.1. The largest absolute Gasteiger partial charge is 0.448 e. The highest BCUT2D eigenvalue weighted by Gasteiger charge is 2.22. The fourth-order valence-electron chi connectivity index (χ4n) is 2.80. The topological polar surface area (TPSA) is 106 Å². The molecular weight excluding hydrogens is 418 g/mol. The quantitative estimate of drug-likeness (QED) is 0.590. The molecule has 0 aliphatic heterocycles. The number of aromatic nitrogens is 1. The Hall–Kier alpha value is -3.30. The van der Waals surface area contributed by atoms with Gasteiger partial charge in [-0.2, -0.15) is 0 Å².